The average Bonchev–Trinajstić information content (AvgIpc) is 3.16. The fraction of sp³-hybridized carbons (Fsp3) is 0.478. The molecule has 11 nitrogen and oxygen atoms in total. The second kappa shape index (κ2) is 14.5. The number of hydrogen-bond acceptors (Lipinski definition) is 10. The van der Waals surface area contributed by atoms with Crippen LogP contribution in [0.2, 0.25) is 0 Å². The number of hydrogen-bond donors (Lipinski definition) is 4. The van der Waals surface area contributed by atoms with Gasteiger partial charge in [-0.2, -0.15) is 0 Å². The Kier molecular flexibility index (Phi) is 11.7. The maximum absolute atomic E-state index is 11.6. The van der Waals surface area contributed by atoms with Crippen LogP contribution >= 0.6 is 11.3 Å². The van der Waals surface area contributed by atoms with Crippen LogP contribution in [-0.4, -0.2) is 85.1 Å². The Morgan fingerprint density at radius 2 is 1.63 bits per heavy atom. The van der Waals surface area contributed by atoms with E-state index in [4.69, 9.17) is 19.7 Å². The zero-order valence-electron chi connectivity index (χ0n) is 19.8. The maximum Gasteiger partial charge on any atom is 0.346 e. The highest BCUT2D eigenvalue weighted by molar-refractivity contribution is 7.18. The number of aliphatic hydroxyl groups excluding tert-OH is 2. The fourth-order valence-electron chi connectivity index (χ4n) is 3.31. The van der Waals surface area contributed by atoms with Gasteiger partial charge < -0.3 is 34.8 Å². The van der Waals surface area contributed by atoms with Gasteiger partial charge in [-0.25, -0.2) is 9.59 Å². The average molecular weight is 510 g/mol. The Morgan fingerprint density at radius 1 is 0.943 bits per heavy atom. The quantitative estimate of drug-likeness (QED) is 0.196. The predicted octanol–water partition coefficient (Wildman–Crippen LogP) is 3.39. The molecule has 192 valence electrons. The van der Waals surface area contributed by atoms with Gasteiger partial charge >= 0.3 is 11.9 Å². The van der Waals surface area contributed by atoms with Crippen molar-refractivity contribution in [1.29, 1.82) is 0 Å². The summed E-state index contributed by atoms with van der Waals surface area (Å²) in [6.07, 6.45) is 0.738. The molecule has 0 amide bonds. The fourth-order valence-corrected chi connectivity index (χ4v) is 4.27. The standard InChI is InChI=1S/C23H31N3O8S/c1-15-14-17(26(7-11-34-13-9-28)6-3-10-33-12-8-27)4-5-18(15)24-25-21-19(22(29)30)16(2)20(35-21)23(31)32/h4-5,14,27-28H,3,6-13H2,1-2H3,(H,29,30)(H,31,32)/b25-24+. The highest BCUT2D eigenvalue weighted by atomic mass is 32.1. The van der Waals surface area contributed by atoms with Crippen LogP contribution in [0.15, 0.2) is 28.4 Å². The monoisotopic (exact) mass is 509 g/mol. The molecule has 35 heavy (non-hydrogen) atoms. The van der Waals surface area contributed by atoms with Crippen molar-refractivity contribution in [1.82, 2.24) is 0 Å². The summed E-state index contributed by atoms with van der Waals surface area (Å²) < 4.78 is 10.7. The van der Waals surface area contributed by atoms with Gasteiger partial charge in [0.15, 0.2) is 5.00 Å². The Morgan fingerprint density at radius 3 is 2.23 bits per heavy atom. The number of aromatic carboxylic acids is 2. The van der Waals surface area contributed by atoms with E-state index in [-0.39, 0.29) is 40.8 Å². The van der Waals surface area contributed by atoms with Crippen LogP contribution in [0.4, 0.5) is 16.4 Å². The number of ether oxygens (including phenoxy) is 2. The number of carboxylic acids is 2. The Labute approximate surface area is 207 Å². The second-order valence-electron chi connectivity index (χ2n) is 7.53. The number of anilines is 1. The van der Waals surface area contributed by atoms with Gasteiger partial charge in [-0.15, -0.1) is 21.6 Å². The van der Waals surface area contributed by atoms with Crippen molar-refractivity contribution in [3.05, 3.63) is 39.8 Å². The first-order chi connectivity index (χ1) is 16.8. The maximum atomic E-state index is 11.6. The lowest BCUT2D eigenvalue weighted by Crippen LogP contribution is -2.29. The molecule has 0 bridgehead atoms. The summed E-state index contributed by atoms with van der Waals surface area (Å²) in [6.45, 7) is 5.98. The van der Waals surface area contributed by atoms with E-state index >= 15 is 0 Å². The van der Waals surface area contributed by atoms with Crippen molar-refractivity contribution in [2.24, 2.45) is 10.2 Å². The number of carbonyl (C=O) groups is 2. The molecule has 2 rings (SSSR count). The van der Waals surface area contributed by atoms with Gasteiger partial charge in [0.05, 0.1) is 38.7 Å². The molecular weight excluding hydrogens is 478 g/mol. The summed E-state index contributed by atoms with van der Waals surface area (Å²) in [5, 5.41) is 44.8. The zero-order chi connectivity index (χ0) is 25.8. The SMILES string of the molecule is Cc1cc(N(CCCOCCO)CCOCCO)ccc1/N=N/c1sc(C(=O)O)c(C)c1C(=O)O. The number of aliphatic hydroxyl groups is 2. The number of rotatable bonds is 16. The molecule has 0 saturated carbocycles. The van der Waals surface area contributed by atoms with Crippen LogP contribution in [-0.2, 0) is 9.47 Å². The topological polar surface area (TPSA) is 161 Å². The van der Waals surface area contributed by atoms with E-state index in [1.54, 1.807) is 6.07 Å². The van der Waals surface area contributed by atoms with Crippen molar-refractivity contribution >= 4 is 39.7 Å². The second-order valence-corrected chi connectivity index (χ2v) is 8.53. The van der Waals surface area contributed by atoms with Crippen LogP contribution in [0, 0.1) is 13.8 Å². The number of nitrogens with zero attached hydrogens (tertiary/aromatic N) is 3. The third kappa shape index (κ3) is 8.37. The van der Waals surface area contributed by atoms with Gasteiger partial charge in [-0.05, 0) is 49.6 Å². The van der Waals surface area contributed by atoms with E-state index in [9.17, 15) is 19.8 Å². The van der Waals surface area contributed by atoms with Gasteiger partial charge in [-0.3, -0.25) is 0 Å². The normalized spacial score (nSPS) is 11.3. The van der Waals surface area contributed by atoms with Crippen LogP contribution < -0.4 is 4.90 Å². The largest absolute Gasteiger partial charge is 0.478 e. The first kappa shape index (κ1) is 28.3. The molecular formula is C23H31N3O8S. The van der Waals surface area contributed by atoms with Crippen LogP contribution in [0.1, 0.15) is 37.6 Å². The molecule has 0 radical (unpaired) electrons. The number of thiophene rings is 1. The Bertz CT molecular complexity index is 1020. The van der Waals surface area contributed by atoms with E-state index in [0.717, 1.165) is 29.0 Å². The minimum absolute atomic E-state index is 0.0233. The van der Waals surface area contributed by atoms with Crippen molar-refractivity contribution < 1.29 is 39.5 Å². The summed E-state index contributed by atoms with van der Waals surface area (Å²) in [5.41, 5.74) is 2.23. The molecule has 1 aromatic carbocycles. The van der Waals surface area contributed by atoms with E-state index in [2.05, 4.69) is 15.1 Å². The molecule has 1 aromatic heterocycles. The van der Waals surface area contributed by atoms with Gasteiger partial charge in [0, 0.05) is 25.4 Å². The summed E-state index contributed by atoms with van der Waals surface area (Å²) in [4.78, 5) is 25.0. The van der Waals surface area contributed by atoms with Gasteiger partial charge in [0.2, 0.25) is 0 Å². The van der Waals surface area contributed by atoms with Crippen molar-refractivity contribution in [2.45, 2.75) is 20.3 Å². The molecule has 0 aliphatic rings. The van der Waals surface area contributed by atoms with E-state index in [1.165, 1.54) is 6.92 Å². The molecule has 0 saturated heterocycles. The molecule has 0 atom stereocenters. The van der Waals surface area contributed by atoms with Gasteiger partial charge in [0.1, 0.15) is 10.4 Å². The number of benzene rings is 1. The zero-order valence-corrected chi connectivity index (χ0v) is 20.6. The molecule has 12 heteroatoms. The minimum Gasteiger partial charge on any atom is -0.478 e. The summed E-state index contributed by atoms with van der Waals surface area (Å²) in [6, 6.07) is 5.55. The molecule has 0 aliphatic heterocycles. The minimum atomic E-state index is -1.26. The summed E-state index contributed by atoms with van der Waals surface area (Å²) in [7, 11) is 0. The molecule has 0 unspecified atom stereocenters. The van der Waals surface area contributed by atoms with Crippen molar-refractivity contribution in [3.8, 4) is 0 Å². The molecule has 2 aromatic rings. The molecule has 0 aliphatic carbocycles. The lowest BCUT2D eigenvalue weighted by Gasteiger charge is -2.25. The Hall–Kier alpha value is -2.90. The molecule has 1 heterocycles. The summed E-state index contributed by atoms with van der Waals surface area (Å²) >= 11 is 0.775. The van der Waals surface area contributed by atoms with Crippen LogP contribution in [0.5, 0.6) is 0 Å². The highest BCUT2D eigenvalue weighted by Gasteiger charge is 2.24. The molecule has 0 spiro atoms. The molecule has 0 fully saturated rings. The van der Waals surface area contributed by atoms with Crippen LogP contribution in [0.25, 0.3) is 0 Å². The highest BCUT2D eigenvalue weighted by Crippen LogP contribution is 2.37. The summed E-state index contributed by atoms with van der Waals surface area (Å²) in [5.74, 6) is -2.46. The molecule has 4 N–H and O–H groups in total. The van der Waals surface area contributed by atoms with Gasteiger partial charge in [0.25, 0.3) is 0 Å². The third-order valence-corrected chi connectivity index (χ3v) is 6.19. The van der Waals surface area contributed by atoms with Crippen molar-refractivity contribution in [2.75, 3.05) is 57.6 Å². The Balaban J connectivity index is 2.20. The third-order valence-electron chi connectivity index (χ3n) is 5.02. The van der Waals surface area contributed by atoms with E-state index < -0.39 is 11.9 Å². The van der Waals surface area contributed by atoms with E-state index in [1.807, 2.05) is 19.1 Å². The van der Waals surface area contributed by atoms with Gasteiger partial charge in [-0.1, -0.05) is 0 Å². The van der Waals surface area contributed by atoms with E-state index in [0.29, 0.717) is 38.6 Å². The lowest BCUT2D eigenvalue weighted by molar-refractivity contribution is 0.0696. The van der Waals surface area contributed by atoms with Crippen molar-refractivity contribution in [3.63, 3.8) is 0 Å². The smallest absolute Gasteiger partial charge is 0.346 e. The number of carboxylic acid groups (broad SMARTS) is 2. The number of azo groups is 1. The number of aryl methyl sites for hydroxylation is 1. The predicted molar refractivity (Wildman–Crippen MR) is 131 cm³/mol. The first-order valence-electron chi connectivity index (χ1n) is 11.0. The van der Waals surface area contributed by atoms with Crippen LogP contribution in [0.3, 0.4) is 0 Å². The lowest BCUT2D eigenvalue weighted by atomic mass is 10.1. The first-order valence-corrected chi connectivity index (χ1v) is 11.9.